The number of hydrogen-bond acceptors (Lipinski definition) is 2. The molecular formula is C18H16F3N3O. The Labute approximate surface area is 142 Å². The SMILES string of the molecule is Cc1ccc(C(=O)NCc2cn3cc(C(F)(F)F)ccc3n2)cc1C. The maximum atomic E-state index is 12.7. The van der Waals surface area contributed by atoms with E-state index in [-0.39, 0.29) is 12.5 Å². The Bertz CT molecular complexity index is 944. The molecule has 0 unspecified atom stereocenters. The highest BCUT2D eigenvalue weighted by Crippen LogP contribution is 2.29. The van der Waals surface area contributed by atoms with E-state index >= 15 is 0 Å². The van der Waals surface area contributed by atoms with Crippen molar-refractivity contribution in [3.8, 4) is 0 Å². The number of imidazole rings is 1. The highest BCUT2D eigenvalue weighted by Gasteiger charge is 2.30. The number of carbonyl (C=O) groups is 1. The number of halogens is 3. The molecule has 0 aliphatic rings. The van der Waals surface area contributed by atoms with E-state index in [9.17, 15) is 18.0 Å². The molecule has 25 heavy (non-hydrogen) atoms. The Morgan fingerprint density at radius 3 is 2.56 bits per heavy atom. The number of nitrogens with zero attached hydrogens (tertiary/aromatic N) is 2. The number of amides is 1. The van der Waals surface area contributed by atoms with Crippen LogP contribution in [-0.2, 0) is 12.7 Å². The number of alkyl halides is 3. The van der Waals surface area contributed by atoms with E-state index in [0.717, 1.165) is 23.4 Å². The number of aryl methyl sites for hydroxylation is 2. The predicted molar refractivity (Wildman–Crippen MR) is 87.3 cm³/mol. The van der Waals surface area contributed by atoms with Crippen LogP contribution in [0.3, 0.4) is 0 Å². The van der Waals surface area contributed by atoms with Gasteiger partial charge >= 0.3 is 6.18 Å². The number of aromatic nitrogens is 2. The maximum absolute atomic E-state index is 12.7. The molecule has 0 bridgehead atoms. The van der Waals surface area contributed by atoms with Crippen LogP contribution in [0.25, 0.3) is 5.65 Å². The first-order valence-corrected chi connectivity index (χ1v) is 7.64. The van der Waals surface area contributed by atoms with Gasteiger partial charge in [-0.3, -0.25) is 4.79 Å². The molecule has 2 heterocycles. The van der Waals surface area contributed by atoms with Gasteiger partial charge in [0.2, 0.25) is 0 Å². The minimum Gasteiger partial charge on any atom is -0.346 e. The van der Waals surface area contributed by atoms with Crippen molar-refractivity contribution in [3.05, 3.63) is 70.7 Å². The Morgan fingerprint density at radius 2 is 1.88 bits per heavy atom. The lowest BCUT2D eigenvalue weighted by Gasteiger charge is -2.06. The summed E-state index contributed by atoms with van der Waals surface area (Å²) in [4.78, 5) is 16.4. The number of nitrogens with one attached hydrogen (secondary N) is 1. The van der Waals surface area contributed by atoms with Crippen LogP contribution in [0.5, 0.6) is 0 Å². The zero-order valence-corrected chi connectivity index (χ0v) is 13.7. The largest absolute Gasteiger partial charge is 0.417 e. The van der Waals surface area contributed by atoms with E-state index in [0.29, 0.717) is 16.9 Å². The minimum absolute atomic E-state index is 0.134. The van der Waals surface area contributed by atoms with Crippen LogP contribution < -0.4 is 5.32 Å². The molecule has 3 rings (SSSR count). The first-order chi connectivity index (χ1) is 11.7. The highest BCUT2D eigenvalue weighted by molar-refractivity contribution is 5.94. The van der Waals surface area contributed by atoms with E-state index in [4.69, 9.17) is 0 Å². The Morgan fingerprint density at radius 1 is 1.12 bits per heavy atom. The van der Waals surface area contributed by atoms with Gasteiger partial charge in [0.05, 0.1) is 17.8 Å². The van der Waals surface area contributed by atoms with Crippen LogP contribution in [0.15, 0.2) is 42.7 Å². The summed E-state index contributed by atoms with van der Waals surface area (Å²) >= 11 is 0. The first-order valence-electron chi connectivity index (χ1n) is 7.64. The monoisotopic (exact) mass is 347 g/mol. The van der Waals surface area contributed by atoms with Crippen molar-refractivity contribution >= 4 is 11.6 Å². The highest BCUT2D eigenvalue weighted by atomic mass is 19.4. The zero-order chi connectivity index (χ0) is 18.2. The van der Waals surface area contributed by atoms with Crippen molar-refractivity contribution in [1.82, 2.24) is 14.7 Å². The number of pyridine rings is 1. The third-order valence-corrected chi connectivity index (χ3v) is 4.03. The van der Waals surface area contributed by atoms with E-state index in [2.05, 4.69) is 10.3 Å². The van der Waals surface area contributed by atoms with Gasteiger partial charge in [0, 0.05) is 18.0 Å². The number of carbonyl (C=O) groups excluding carboxylic acids is 1. The van der Waals surface area contributed by atoms with Crippen molar-refractivity contribution < 1.29 is 18.0 Å². The van der Waals surface area contributed by atoms with Crippen LogP contribution in [0.4, 0.5) is 13.2 Å². The van der Waals surface area contributed by atoms with Gasteiger partial charge in [0.1, 0.15) is 5.65 Å². The third-order valence-electron chi connectivity index (χ3n) is 4.03. The summed E-state index contributed by atoms with van der Waals surface area (Å²) in [6.45, 7) is 4.02. The van der Waals surface area contributed by atoms with Crippen LogP contribution >= 0.6 is 0 Å². The molecule has 1 N–H and O–H groups in total. The van der Waals surface area contributed by atoms with Gasteiger partial charge in [-0.25, -0.2) is 4.98 Å². The fourth-order valence-electron chi connectivity index (χ4n) is 2.45. The summed E-state index contributed by atoms with van der Waals surface area (Å²) in [5.74, 6) is -0.254. The summed E-state index contributed by atoms with van der Waals surface area (Å²) in [5.41, 5.74) is 2.77. The third kappa shape index (κ3) is 3.65. The van der Waals surface area contributed by atoms with Crippen LogP contribution in [0.2, 0.25) is 0 Å². The summed E-state index contributed by atoms with van der Waals surface area (Å²) in [7, 11) is 0. The predicted octanol–water partition coefficient (Wildman–Crippen LogP) is 3.90. The Hall–Kier alpha value is -2.83. The lowest BCUT2D eigenvalue weighted by molar-refractivity contribution is -0.137. The Kier molecular flexibility index (Phi) is 4.24. The number of hydrogen-bond donors (Lipinski definition) is 1. The summed E-state index contributed by atoms with van der Waals surface area (Å²) in [6.07, 6.45) is -1.95. The van der Waals surface area contributed by atoms with Crippen LogP contribution in [0, 0.1) is 13.8 Å². The lowest BCUT2D eigenvalue weighted by atomic mass is 10.1. The van der Waals surface area contributed by atoms with Crippen molar-refractivity contribution in [2.75, 3.05) is 0 Å². The molecule has 0 saturated carbocycles. The Balaban J connectivity index is 1.74. The summed E-state index contributed by atoms with van der Waals surface area (Å²) in [5, 5.41) is 2.73. The van der Waals surface area contributed by atoms with E-state index < -0.39 is 11.7 Å². The summed E-state index contributed by atoms with van der Waals surface area (Å²) in [6, 6.07) is 7.69. The molecule has 1 aromatic carbocycles. The van der Waals surface area contributed by atoms with Crippen molar-refractivity contribution in [3.63, 3.8) is 0 Å². The number of rotatable bonds is 3. The smallest absolute Gasteiger partial charge is 0.346 e. The zero-order valence-electron chi connectivity index (χ0n) is 13.7. The second-order valence-electron chi connectivity index (χ2n) is 5.89. The quantitative estimate of drug-likeness (QED) is 0.781. The van der Waals surface area contributed by atoms with E-state index in [1.165, 1.54) is 16.7 Å². The molecule has 2 aromatic heterocycles. The fraction of sp³-hybridized carbons (Fsp3) is 0.222. The molecule has 0 fully saturated rings. The second kappa shape index (κ2) is 6.23. The first kappa shape index (κ1) is 17.0. The number of benzene rings is 1. The molecule has 0 aliphatic heterocycles. The van der Waals surface area contributed by atoms with Gasteiger partial charge < -0.3 is 9.72 Å². The van der Waals surface area contributed by atoms with E-state index in [1.54, 1.807) is 12.1 Å². The molecule has 0 radical (unpaired) electrons. The molecule has 0 saturated heterocycles. The van der Waals surface area contributed by atoms with Gasteiger partial charge in [-0.2, -0.15) is 13.2 Å². The normalized spacial score (nSPS) is 11.7. The summed E-state index contributed by atoms with van der Waals surface area (Å²) < 4.78 is 39.5. The molecule has 0 aliphatic carbocycles. The molecule has 0 spiro atoms. The van der Waals surface area contributed by atoms with Gasteiger partial charge in [-0.1, -0.05) is 6.07 Å². The van der Waals surface area contributed by atoms with Crippen LogP contribution in [0.1, 0.15) is 32.7 Å². The molecule has 1 amide bonds. The molecule has 4 nitrogen and oxygen atoms in total. The molecule has 3 aromatic rings. The van der Waals surface area contributed by atoms with Gasteiger partial charge in [0.25, 0.3) is 5.91 Å². The second-order valence-corrected chi connectivity index (χ2v) is 5.89. The molecule has 0 atom stereocenters. The van der Waals surface area contributed by atoms with E-state index in [1.807, 2.05) is 19.9 Å². The lowest BCUT2D eigenvalue weighted by Crippen LogP contribution is -2.23. The van der Waals surface area contributed by atoms with Gasteiger partial charge in [0.15, 0.2) is 0 Å². The molecular weight excluding hydrogens is 331 g/mol. The fourth-order valence-corrected chi connectivity index (χ4v) is 2.45. The van der Waals surface area contributed by atoms with Crippen LogP contribution in [-0.4, -0.2) is 15.3 Å². The van der Waals surface area contributed by atoms with Gasteiger partial charge in [-0.15, -0.1) is 0 Å². The standard InChI is InChI=1S/C18H16F3N3O/c1-11-3-4-13(7-12(11)2)17(25)22-8-15-10-24-9-14(18(19,20)21)5-6-16(24)23-15/h3-7,9-10H,8H2,1-2H3,(H,22,25). The van der Waals surface area contributed by atoms with Gasteiger partial charge in [-0.05, 0) is 49.2 Å². The maximum Gasteiger partial charge on any atom is 0.417 e. The number of fused-ring (bicyclic) bond motifs is 1. The molecule has 7 heteroatoms. The topological polar surface area (TPSA) is 46.4 Å². The molecule has 130 valence electrons. The average Bonchev–Trinajstić information content (AvgIpc) is 2.96. The van der Waals surface area contributed by atoms with Crippen molar-refractivity contribution in [2.45, 2.75) is 26.6 Å². The minimum atomic E-state index is -4.41. The van der Waals surface area contributed by atoms with Crippen molar-refractivity contribution in [2.24, 2.45) is 0 Å². The van der Waals surface area contributed by atoms with Crippen molar-refractivity contribution in [1.29, 1.82) is 0 Å². The average molecular weight is 347 g/mol.